The lowest BCUT2D eigenvalue weighted by Crippen LogP contribution is -2.71. The van der Waals surface area contributed by atoms with E-state index >= 15 is 0 Å². The second-order valence-electron chi connectivity index (χ2n) is 18.7. The van der Waals surface area contributed by atoms with Gasteiger partial charge in [0.05, 0.1) is 26.4 Å². The highest BCUT2D eigenvalue weighted by molar-refractivity contribution is 5.75. The van der Waals surface area contributed by atoms with Crippen molar-refractivity contribution in [3.63, 3.8) is 0 Å². The molecule has 2 unspecified atom stereocenters. The zero-order valence-electron chi connectivity index (χ0n) is 41.2. The van der Waals surface area contributed by atoms with Crippen LogP contribution in [-0.4, -0.2) is 107 Å². The lowest BCUT2D eigenvalue weighted by molar-refractivity contribution is -0.348. The zero-order valence-corrected chi connectivity index (χ0v) is 41.2. The third kappa shape index (κ3) is 17.0. The average Bonchev–Trinajstić information content (AvgIpc) is 3.37. The number of benzene rings is 2. The van der Waals surface area contributed by atoms with Gasteiger partial charge in [-0.2, -0.15) is 0 Å². The number of nitrogens with one attached hydrogen (secondary N) is 2. The Kier molecular flexibility index (Phi) is 24.8. The molecule has 4 aliphatic heterocycles. The molecule has 6 rings (SSSR count). The summed E-state index contributed by atoms with van der Waals surface area (Å²) < 4.78 is 65.2. The van der Waals surface area contributed by atoms with Gasteiger partial charge in [0.2, 0.25) is 0 Å². The monoisotopic (exact) mass is 949 g/mol. The molecule has 0 bridgehead atoms. The lowest BCUT2D eigenvalue weighted by Gasteiger charge is -2.50. The first-order valence-corrected chi connectivity index (χ1v) is 26.2. The van der Waals surface area contributed by atoms with Crippen molar-refractivity contribution in [3.8, 4) is 0 Å². The van der Waals surface area contributed by atoms with E-state index in [9.17, 15) is 4.79 Å². The molecular formula is C55H84N2O11. The van der Waals surface area contributed by atoms with E-state index < -0.39 is 79.9 Å². The van der Waals surface area contributed by atoms with Crippen LogP contribution in [0.1, 0.15) is 153 Å². The van der Waals surface area contributed by atoms with Crippen LogP contribution < -0.4 is 10.6 Å². The van der Waals surface area contributed by atoms with E-state index in [1.165, 1.54) is 77.0 Å². The van der Waals surface area contributed by atoms with Crippen LogP contribution in [0, 0.1) is 0 Å². The Morgan fingerprint density at radius 1 is 0.529 bits per heavy atom. The predicted octanol–water partition coefficient (Wildman–Crippen LogP) is 10.9. The standard InChI is InChI=1S/C55H84N2O11/c1-5-9-11-13-15-17-19-21-29-37-59-49-45(53(61-35-7-3)65-43-39-63-51(67-47(43)49)41-31-25-23-26-32-41)56-55(58)57-46-50(60-38-30-22-20-18-16-14-12-10-6-2)48-44(66-54(46)62-36-8-4)40-64-52(68-48)42-33-27-24-28-34-42/h7-8,23-28,31-34,43-54H,3-6,9-22,29-30,35-40H2,1-2H3,(H2,56,57,58)/t43-,44-,45-,46-,47+,48+,49-,50-,51?,52?,53+,54+/m1/s1. The first-order chi connectivity index (χ1) is 33.5. The Bertz CT molecular complexity index is 1550. The molecule has 0 radical (unpaired) electrons. The normalized spacial score (nSPS) is 29.1. The second-order valence-corrected chi connectivity index (χ2v) is 18.7. The van der Waals surface area contributed by atoms with E-state index in [0.29, 0.717) is 13.2 Å². The molecule has 4 fully saturated rings. The fourth-order valence-corrected chi connectivity index (χ4v) is 9.62. The molecule has 0 saturated carbocycles. The Balaban J connectivity index is 1.20. The number of fused-ring (bicyclic) bond motifs is 2. The van der Waals surface area contributed by atoms with Crippen molar-refractivity contribution in [3.05, 3.63) is 97.1 Å². The van der Waals surface area contributed by atoms with Gasteiger partial charge in [-0.3, -0.25) is 0 Å². The van der Waals surface area contributed by atoms with E-state index in [4.69, 9.17) is 47.4 Å². The summed E-state index contributed by atoms with van der Waals surface area (Å²) in [4.78, 5) is 14.8. The molecule has 2 N–H and O–H groups in total. The summed E-state index contributed by atoms with van der Waals surface area (Å²) in [5.74, 6) is 0. The van der Waals surface area contributed by atoms with Crippen LogP contribution in [0.5, 0.6) is 0 Å². The van der Waals surface area contributed by atoms with Gasteiger partial charge in [0.1, 0.15) is 48.7 Å². The van der Waals surface area contributed by atoms with Crippen molar-refractivity contribution in [1.82, 2.24) is 10.6 Å². The smallest absolute Gasteiger partial charge is 0.315 e. The van der Waals surface area contributed by atoms with Gasteiger partial charge in [0, 0.05) is 24.3 Å². The van der Waals surface area contributed by atoms with E-state index in [-0.39, 0.29) is 26.4 Å². The number of carbonyl (C=O) groups excluding carboxylic acids is 1. The highest BCUT2D eigenvalue weighted by atomic mass is 16.8. The summed E-state index contributed by atoms with van der Waals surface area (Å²) in [6.45, 7) is 14.1. The van der Waals surface area contributed by atoms with Gasteiger partial charge in [0.25, 0.3) is 0 Å². The Morgan fingerprint density at radius 2 is 0.897 bits per heavy atom. The van der Waals surface area contributed by atoms with Crippen molar-refractivity contribution in [2.24, 2.45) is 0 Å². The van der Waals surface area contributed by atoms with Crippen LogP contribution in [0.15, 0.2) is 86.0 Å². The SMILES string of the molecule is C=CCO[C@H]1O[C@@H]2COC(c3ccccc3)O[C@@H]2[C@H](OCCCCCCCCCCC)[C@H]1NC(=O)N[C@H]1[C@@H](OCC=C)O[C@@H]2COC(c3ccccc3)O[C@@H]2[C@@H]1OCCCCCCCCCCC. The highest BCUT2D eigenvalue weighted by Crippen LogP contribution is 2.38. The van der Waals surface area contributed by atoms with E-state index in [2.05, 4.69) is 37.6 Å². The summed E-state index contributed by atoms with van der Waals surface area (Å²) >= 11 is 0. The maximum Gasteiger partial charge on any atom is 0.315 e. The van der Waals surface area contributed by atoms with Crippen LogP contribution >= 0.6 is 0 Å². The summed E-state index contributed by atoms with van der Waals surface area (Å²) in [5.41, 5.74) is 1.77. The number of hydrogen-bond acceptors (Lipinski definition) is 11. The van der Waals surface area contributed by atoms with Crippen molar-refractivity contribution in [2.45, 2.75) is 203 Å². The van der Waals surface area contributed by atoms with Crippen molar-refractivity contribution in [2.75, 3.05) is 39.6 Å². The topological polar surface area (TPSA) is 133 Å². The third-order valence-corrected chi connectivity index (χ3v) is 13.3. The minimum atomic E-state index is -0.905. The van der Waals surface area contributed by atoms with Gasteiger partial charge < -0.3 is 58.0 Å². The van der Waals surface area contributed by atoms with Gasteiger partial charge in [0.15, 0.2) is 25.2 Å². The minimum absolute atomic E-state index is 0.189. The van der Waals surface area contributed by atoms with Crippen LogP contribution in [0.2, 0.25) is 0 Å². The number of ether oxygens (including phenoxy) is 10. The lowest BCUT2D eigenvalue weighted by atomic mass is 9.94. The largest absolute Gasteiger partial charge is 0.373 e. The number of urea groups is 1. The minimum Gasteiger partial charge on any atom is -0.373 e. The molecule has 4 saturated heterocycles. The van der Waals surface area contributed by atoms with Crippen LogP contribution in [0.4, 0.5) is 4.79 Å². The number of amides is 2. The van der Waals surface area contributed by atoms with E-state index in [1.54, 1.807) is 12.2 Å². The molecule has 0 aliphatic carbocycles. The van der Waals surface area contributed by atoms with Crippen molar-refractivity contribution < 1.29 is 52.2 Å². The van der Waals surface area contributed by atoms with Gasteiger partial charge >= 0.3 is 6.03 Å². The molecule has 4 aliphatic rings. The van der Waals surface area contributed by atoms with Gasteiger partial charge in [-0.05, 0) is 12.8 Å². The first-order valence-electron chi connectivity index (χ1n) is 26.2. The number of rotatable bonds is 32. The summed E-state index contributed by atoms with van der Waals surface area (Å²) in [6, 6.07) is 17.6. The predicted molar refractivity (Wildman–Crippen MR) is 263 cm³/mol. The summed E-state index contributed by atoms with van der Waals surface area (Å²) in [6.07, 6.45) is 18.1. The molecule has 68 heavy (non-hydrogen) atoms. The third-order valence-electron chi connectivity index (χ3n) is 13.3. The number of hydrogen-bond donors (Lipinski definition) is 2. The summed E-state index contributed by atoms with van der Waals surface area (Å²) in [5, 5.41) is 6.46. The van der Waals surface area contributed by atoms with Crippen molar-refractivity contribution >= 4 is 6.03 Å². The first kappa shape index (κ1) is 54.1. The van der Waals surface area contributed by atoms with Crippen LogP contribution in [-0.2, 0) is 47.4 Å². The highest BCUT2D eigenvalue weighted by Gasteiger charge is 2.54. The zero-order chi connectivity index (χ0) is 47.6. The van der Waals surface area contributed by atoms with Gasteiger partial charge in [-0.15, -0.1) is 13.2 Å². The van der Waals surface area contributed by atoms with Crippen molar-refractivity contribution in [1.29, 1.82) is 0 Å². The quantitative estimate of drug-likeness (QED) is 0.0536. The Labute approximate surface area is 407 Å². The van der Waals surface area contributed by atoms with E-state index in [0.717, 1.165) is 49.7 Å². The van der Waals surface area contributed by atoms with Gasteiger partial charge in [-0.1, -0.05) is 189 Å². The van der Waals surface area contributed by atoms with Crippen LogP contribution in [0.25, 0.3) is 0 Å². The Hall–Kier alpha value is -3.21. The maximum atomic E-state index is 14.8. The molecule has 0 spiro atoms. The maximum absolute atomic E-state index is 14.8. The molecule has 13 nitrogen and oxygen atoms in total. The molecule has 12 atom stereocenters. The molecule has 0 aromatic heterocycles. The number of unbranched alkanes of at least 4 members (excludes halogenated alkanes) is 16. The molecular weight excluding hydrogens is 865 g/mol. The Morgan fingerprint density at radius 3 is 1.26 bits per heavy atom. The molecule has 2 aromatic carbocycles. The van der Waals surface area contributed by atoms with Crippen LogP contribution in [0.3, 0.4) is 0 Å². The fraction of sp³-hybridized carbons (Fsp3) is 0.691. The second kappa shape index (κ2) is 31.2. The molecule has 4 heterocycles. The van der Waals surface area contributed by atoms with E-state index in [1.807, 2.05) is 60.7 Å². The summed E-state index contributed by atoms with van der Waals surface area (Å²) in [7, 11) is 0. The molecule has 13 heteroatoms. The molecule has 2 amide bonds. The molecule has 2 aromatic rings. The average molecular weight is 949 g/mol. The molecule has 380 valence electrons. The number of carbonyl (C=O) groups is 1. The van der Waals surface area contributed by atoms with Gasteiger partial charge in [-0.25, -0.2) is 4.79 Å². The fourth-order valence-electron chi connectivity index (χ4n) is 9.62.